The first-order valence-electron chi connectivity index (χ1n) is 6.88. The van der Waals surface area contributed by atoms with Gasteiger partial charge in [0.2, 0.25) is 10.0 Å². The van der Waals surface area contributed by atoms with Crippen LogP contribution in [0.2, 0.25) is 0 Å². The van der Waals surface area contributed by atoms with Crippen molar-refractivity contribution in [3.05, 3.63) is 29.8 Å². The summed E-state index contributed by atoms with van der Waals surface area (Å²) in [5.74, 6) is 0.451. The average molecular weight is 310 g/mol. The summed E-state index contributed by atoms with van der Waals surface area (Å²) in [4.78, 5) is 0.0844. The lowest BCUT2D eigenvalue weighted by molar-refractivity contribution is 0.0506. The Kier molecular flexibility index (Phi) is 5.90. The second-order valence-corrected chi connectivity index (χ2v) is 7.66. The molecule has 2 N–H and O–H groups in total. The lowest BCUT2D eigenvalue weighted by atomic mass is 9.96. The smallest absolute Gasteiger partial charge is 0.240 e. The summed E-state index contributed by atoms with van der Waals surface area (Å²) in [7, 11) is -3.68. The molecule has 1 atom stereocenters. The van der Waals surface area contributed by atoms with E-state index in [0.717, 1.165) is 6.42 Å². The number of benzene rings is 1. The van der Waals surface area contributed by atoms with Crippen LogP contribution in [0, 0.1) is 17.2 Å². The molecule has 6 heteroatoms. The van der Waals surface area contributed by atoms with Crippen molar-refractivity contribution in [2.24, 2.45) is 5.92 Å². The van der Waals surface area contributed by atoms with Crippen molar-refractivity contribution in [1.29, 1.82) is 5.26 Å². The van der Waals surface area contributed by atoms with E-state index in [1.165, 1.54) is 24.3 Å². The number of rotatable bonds is 7. The van der Waals surface area contributed by atoms with Gasteiger partial charge in [-0.05, 0) is 49.9 Å². The fraction of sp³-hybridized carbons (Fsp3) is 0.533. The molecule has 0 amide bonds. The molecule has 0 aliphatic rings. The second-order valence-electron chi connectivity index (χ2n) is 5.89. The van der Waals surface area contributed by atoms with Crippen LogP contribution in [0.5, 0.6) is 0 Å². The van der Waals surface area contributed by atoms with Crippen LogP contribution in [0.1, 0.15) is 39.2 Å². The molecule has 0 aliphatic heterocycles. The molecule has 0 saturated heterocycles. The Morgan fingerprint density at radius 3 is 2.38 bits per heavy atom. The minimum absolute atomic E-state index is 0.0396. The van der Waals surface area contributed by atoms with Gasteiger partial charge in [-0.2, -0.15) is 5.26 Å². The summed E-state index contributed by atoms with van der Waals surface area (Å²) in [6, 6.07) is 7.59. The van der Waals surface area contributed by atoms with Gasteiger partial charge in [0.15, 0.2) is 0 Å². The molecule has 5 nitrogen and oxygen atoms in total. The molecule has 116 valence electrons. The summed E-state index contributed by atoms with van der Waals surface area (Å²) in [6.45, 7) is 5.69. The molecule has 1 unspecified atom stereocenters. The summed E-state index contributed by atoms with van der Waals surface area (Å²) in [5, 5.41) is 18.9. The lowest BCUT2D eigenvalue weighted by Gasteiger charge is -2.24. The number of nitriles is 1. The maximum atomic E-state index is 12.1. The molecule has 0 saturated carbocycles. The zero-order chi connectivity index (χ0) is 16.1. The molecule has 1 aromatic carbocycles. The molecule has 21 heavy (non-hydrogen) atoms. The van der Waals surface area contributed by atoms with Gasteiger partial charge in [-0.25, -0.2) is 13.1 Å². The highest BCUT2D eigenvalue weighted by Gasteiger charge is 2.24. The molecule has 0 fully saturated rings. The van der Waals surface area contributed by atoms with E-state index >= 15 is 0 Å². The predicted molar refractivity (Wildman–Crippen MR) is 81.0 cm³/mol. The third kappa shape index (κ3) is 5.84. The van der Waals surface area contributed by atoms with Gasteiger partial charge in [-0.15, -0.1) is 0 Å². The highest BCUT2D eigenvalue weighted by Crippen LogP contribution is 2.17. The molecule has 0 bridgehead atoms. The number of hydrogen-bond acceptors (Lipinski definition) is 4. The van der Waals surface area contributed by atoms with Crippen LogP contribution in [0.4, 0.5) is 0 Å². The predicted octanol–water partition coefficient (Wildman–Crippen LogP) is 2.02. The molecule has 1 aromatic rings. The molecule has 0 radical (unpaired) electrons. The Bertz CT molecular complexity index is 599. The highest BCUT2D eigenvalue weighted by atomic mass is 32.2. The number of hydrogen-bond donors (Lipinski definition) is 2. The van der Waals surface area contributed by atoms with Gasteiger partial charge in [-0.1, -0.05) is 13.8 Å². The molecular formula is C15H22N2O3S. The fourth-order valence-corrected chi connectivity index (χ4v) is 2.89. The molecule has 0 aromatic heterocycles. The summed E-state index contributed by atoms with van der Waals surface area (Å²) in [5.41, 5.74) is -0.679. The Hall–Kier alpha value is -1.42. The van der Waals surface area contributed by atoms with Gasteiger partial charge in [-0.3, -0.25) is 0 Å². The molecule has 1 rings (SSSR count). The van der Waals surface area contributed by atoms with E-state index in [4.69, 9.17) is 5.26 Å². The standard InChI is InChI=1S/C15H22N2O3S/c1-12(2)8-9-15(3,18)11-17-21(19,20)14-6-4-13(10-16)5-7-14/h4-7,12,17-18H,8-9,11H2,1-3H3. The molecular weight excluding hydrogens is 288 g/mol. The van der Waals surface area contributed by atoms with Crippen LogP contribution in [0.25, 0.3) is 0 Å². The third-order valence-corrected chi connectivity index (χ3v) is 4.61. The lowest BCUT2D eigenvalue weighted by Crippen LogP contribution is -2.40. The maximum Gasteiger partial charge on any atom is 0.240 e. The number of nitrogens with zero attached hydrogens (tertiary/aromatic N) is 1. The van der Waals surface area contributed by atoms with Crippen molar-refractivity contribution in [2.45, 2.75) is 44.1 Å². The van der Waals surface area contributed by atoms with Crippen molar-refractivity contribution in [2.75, 3.05) is 6.54 Å². The maximum absolute atomic E-state index is 12.1. The van der Waals surface area contributed by atoms with Gasteiger partial charge >= 0.3 is 0 Å². The van der Waals surface area contributed by atoms with Gasteiger partial charge < -0.3 is 5.11 Å². The van der Waals surface area contributed by atoms with Crippen molar-refractivity contribution < 1.29 is 13.5 Å². The minimum Gasteiger partial charge on any atom is -0.389 e. The van der Waals surface area contributed by atoms with E-state index in [-0.39, 0.29) is 11.4 Å². The average Bonchev–Trinajstić information content (AvgIpc) is 2.44. The van der Waals surface area contributed by atoms with Crippen LogP contribution >= 0.6 is 0 Å². The van der Waals surface area contributed by atoms with Crippen molar-refractivity contribution in [3.8, 4) is 6.07 Å². The van der Waals surface area contributed by atoms with E-state index in [0.29, 0.717) is 17.9 Å². The number of aliphatic hydroxyl groups is 1. The van der Waals surface area contributed by atoms with Crippen LogP contribution in [-0.2, 0) is 10.0 Å². The summed E-state index contributed by atoms with van der Waals surface area (Å²) < 4.78 is 26.6. The fourth-order valence-electron chi connectivity index (χ4n) is 1.73. The van der Waals surface area contributed by atoms with Crippen LogP contribution in [-0.4, -0.2) is 25.7 Å². The largest absolute Gasteiger partial charge is 0.389 e. The Morgan fingerprint density at radius 2 is 1.90 bits per heavy atom. The van der Waals surface area contributed by atoms with Gasteiger partial charge in [0.05, 0.1) is 22.1 Å². The third-order valence-electron chi connectivity index (χ3n) is 3.20. The van der Waals surface area contributed by atoms with Crippen LogP contribution in [0.3, 0.4) is 0 Å². The first-order valence-corrected chi connectivity index (χ1v) is 8.37. The van der Waals surface area contributed by atoms with E-state index in [1.807, 2.05) is 6.07 Å². The SMILES string of the molecule is CC(C)CCC(C)(O)CNS(=O)(=O)c1ccc(C#N)cc1. The summed E-state index contributed by atoms with van der Waals surface area (Å²) >= 11 is 0. The zero-order valence-electron chi connectivity index (χ0n) is 12.6. The Balaban J connectivity index is 2.70. The van der Waals surface area contributed by atoms with E-state index in [2.05, 4.69) is 18.6 Å². The van der Waals surface area contributed by atoms with Crippen LogP contribution in [0.15, 0.2) is 29.2 Å². The first-order chi connectivity index (χ1) is 9.66. The zero-order valence-corrected chi connectivity index (χ0v) is 13.4. The molecule has 0 heterocycles. The van der Waals surface area contributed by atoms with E-state index in [1.54, 1.807) is 6.92 Å². The molecule has 0 spiro atoms. The number of sulfonamides is 1. The Morgan fingerprint density at radius 1 is 1.33 bits per heavy atom. The highest BCUT2D eigenvalue weighted by molar-refractivity contribution is 7.89. The minimum atomic E-state index is -3.68. The van der Waals surface area contributed by atoms with E-state index in [9.17, 15) is 13.5 Å². The topological polar surface area (TPSA) is 90.2 Å². The second kappa shape index (κ2) is 7.03. The van der Waals surface area contributed by atoms with Gasteiger partial charge in [0.1, 0.15) is 0 Å². The van der Waals surface area contributed by atoms with Gasteiger partial charge in [0, 0.05) is 6.54 Å². The monoisotopic (exact) mass is 310 g/mol. The van der Waals surface area contributed by atoms with Gasteiger partial charge in [0.25, 0.3) is 0 Å². The first kappa shape index (κ1) is 17.6. The van der Waals surface area contributed by atoms with Crippen molar-refractivity contribution in [1.82, 2.24) is 4.72 Å². The summed E-state index contributed by atoms with van der Waals surface area (Å²) in [6.07, 6.45) is 1.35. The van der Waals surface area contributed by atoms with Crippen molar-refractivity contribution >= 4 is 10.0 Å². The molecule has 0 aliphatic carbocycles. The van der Waals surface area contributed by atoms with Crippen molar-refractivity contribution in [3.63, 3.8) is 0 Å². The van der Waals surface area contributed by atoms with E-state index < -0.39 is 15.6 Å². The quantitative estimate of drug-likeness (QED) is 0.806. The number of nitrogens with one attached hydrogen (secondary N) is 1. The van der Waals surface area contributed by atoms with Crippen LogP contribution < -0.4 is 4.72 Å². The Labute approximate surface area is 126 Å². The normalized spacial score (nSPS) is 14.7.